The van der Waals surface area contributed by atoms with E-state index < -0.39 is 5.97 Å². The minimum absolute atomic E-state index is 0.0669. The van der Waals surface area contributed by atoms with Crippen LogP contribution in [0.5, 0.6) is 5.75 Å². The zero-order valence-corrected chi connectivity index (χ0v) is 11.0. The quantitative estimate of drug-likeness (QED) is 0.834. The second kappa shape index (κ2) is 5.15. The minimum Gasteiger partial charge on any atom is -0.482 e. The summed E-state index contributed by atoms with van der Waals surface area (Å²) in [5.41, 5.74) is 0.652. The fourth-order valence-corrected chi connectivity index (χ4v) is 2.61. The zero-order valence-electron chi connectivity index (χ0n) is 11.0. The maximum absolute atomic E-state index is 12.0. The summed E-state index contributed by atoms with van der Waals surface area (Å²) in [5.74, 6) is 1.00. The molecule has 0 radical (unpaired) electrons. The van der Waals surface area contributed by atoms with Crippen LogP contribution >= 0.6 is 0 Å². The highest BCUT2D eigenvalue weighted by molar-refractivity contribution is 5.94. The van der Waals surface area contributed by atoms with Gasteiger partial charge in [-0.25, -0.2) is 4.79 Å². The molecule has 0 aromatic heterocycles. The van der Waals surface area contributed by atoms with Crippen LogP contribution in [0.15, 0.2) is 24.3 Å². The number of ether oxygens (including phenoxy) is 1. The van der Waals surface area contributed by atoms with Crippen molar-refractivity contribution in [3.05, 3.63) is 24.3 Å². The van der Waals surface area contributed by atoms with Crippen molar-refractivity contribution in [2.75, 3.05) is 11.9 Å². The van der Waals surface area contributed by atoms with E-state index in [1.54, 1.807) is 24.3 Å². The van der Waals surface area contributed by atoms with Crippen LogP contribution < -0.4 is 10.1 Å². The van der Waals surface area contributed by atoms with E-state index in [-0.39, 0.29) is 18.4 Å². The van der Waals surface area contributed by atoms with Gasteiger partial charge in [0, 0.05) is 17.7 Å². The number of anilines is 1. The largest absolute Gasteiger partial charge is 0.482 e. The first-order valence-electron chi connectivity index (χ1n) is 6.89. The van der Waals surface area contributed by atoms with Crippen molar-refractivity contribution in [1.82, 2.24) is 0 Å². The maximum atomic E-state index is 12.0. The molecule has 2 saturated carbocycles. The minimum atomic E-state index is -1.02. The first kappa shape index (κ1) is 13.0. The molecule has 1 aromatic rings. The van der Waals surface area contributed by atoms with Crippen molar-refractivity contribution in [3.8, 4) is 5.75 Å². The number of aliphatic carboxylic acids is 1. The maximum Gasteiger partial charge on any atom is 0.341 e. The molecule has 2 aliphatic rings. The van der Waals surface area contributed by atoms with Gasteiger partial charge in [-0.2, -0.15) is 0 Å². The van der Waals surface area contributed by atoms with Crippen molar-refractivity contribution in [2.45, 2.75) is 19.3 Å². The lowest BCUT2D eigenvalue weighted by Gasteiger charge is -2.08. The molecular formula is C15H17NO4. The van der Waals surface area contributed by atoms with Crippen LogP contribution in [0, 0.1) is 17.8 Å². The Morgan fingerprint density at radius 2 is 2.15 bits per heavy atom. The number of amides is 1. The molecule has 2 aliphatic carbocycles. The Labute approximate surface area is 116 Å². The van der Waals surface area contributed by atoms with E-state index in [0.29, 0.717) is 17.4 Å². The van der Waals surface area contributed by atoms with Crippen molar-refractivity contribution in [1.29, 1.82) is 0 Å². The van der Waals surface area contributed by atoms with Gasteiger partial charge in [-0.15, -0.1) is 0 Å². The van der Waals surface area contributed by atoms with Crippen LogP contribution in [0.3, 0.4) is 0 Å². The molecule has 5 nitrogen and oxygen atoms in total. The summed E-state index contributed by atoms with van der Waals surface area (Å²) in [6.07, 6.45) is 3.55. The van der Waals surface area contributed by atoms with E-state index in [4.69, 9.17) is 9.84 Å². The number of hydrogen-bond acceptors (Lipinski definition) is 3. The fraction of sp³-hybridized carbons (Fsp3) is 0.467. The van der Waals surface area contributed by atoms with Crippen molar-refractivity contribution in [3.63, 3.8) is 0 Å². The van der Waals surface area contributed by atoms with E-state index in [1.165, 1.54) is 12.8 Å². The average molecular weight is 275 g/mol. The summed E-state index contributed by atoms with van der Waals surface area (Å²) in [7, 11) is 0. The van der Waals surface area contributed by atoms with Gasteiger partial charge in [0.25, 0.3) is 0 Å². The number of carbonyl (C=O) groups excluding carboxylic acids is 1. The number of rotatable bonds is 6. The van der Waals surface area contributed by atoms with Crippen LogP contribution in [0.2, 0.25) is 0 Å². The van der Waals surface area contributed by atoms with Gasteiger partial charge >= 0.3 is 5.97 Å². The lowest BCUT2D eigenvalue weighted by atomic mass is 10.2. The summed E-state index contributed by atoms with van der Waals surface area (Å²) in [4.78, 5) is 22.5. The second-order valence-corrected chi connectivity index (χ2v) is 5.54. The lowest BCUT2D eigenvalue weighted by Crippen LogP contribution is -2.15. The third-order valence-electron chi connectivity index (χ3n) is 3.87. The van der Waals surface area contributed by atoms with Crippen molar-refractivity contribution < 1.29 is 19.4 Å². The number of hydrogen-bond donors (Lipinski definition) is 2. The molecule has 1 amide bonds. The number of carbonyl (C=O) groups is 2. The molecule has 0 bridgehead atoms. The summed E-state index contributed by atoms with van der Waals surface area (Å²) < 4.78 is 5.08. The molecule has 2 N–H and O–H groups in total. The van der Waals surface area contributed by atoms with Crippen LogP contribution in [-0.2, 0) is 9.59 Å². The summed E-state index contributed by atoms with van der Waals surface area (Å²) >= 11 is 0. The molecule has 20 heavy (non-hydrogen) atoms. The Balaban J connectivity index is 1.55. The Kier molecular flexibility index (Phi) is 3.34. The highest BCUT2D eigenvalue weighted by atomic mass is 16.5. The second-order valence-electron chi connectivity index (χ2n) is 5.54. The van der Waals surface area contributed by atoms with Crippen LogP contribution in [-0.4, -0.2) is 23.6 Å². The zero-order chi connectivity index (χ0) is 14.1. The van der Waals surface area contributed by atoms with Gasteiger partial charge in [0.15, 0.2) is 6.61 Å². The molecular weight excluding hydrogens is 258 g/mol. The van der Waals surface area contributed by atoms with Crippen LogP contribution in [0.1, 0.15) is 19.3 Å². The SMILES string of the molecule is O=C(O)COc1cccc(NC(=O)C2CC2C2CC2)c1. The van der Waals surface area contributed by atoms with Gasteiger partial charge in [-0.3, -0.25) is 4.79 Å². The van der Waals surface area contributed by atoms with Gasteiger partial charge < -0.3 is 15.2 Å². The normalized spacial score (nSPS) is 24.0. The van der Waals surface area contributed by atoms with E-state index in [1.807, 2.05) is 0 Å². The number of nitrogens with one attached hydrogen (secondary N) is 1. The number of carboxylic acid groups (broad SMARTS) is 1. The van der Waals surface area contributed by atoms with E-state index in [0.717, 1.165) is 12.3 Å². The standard InChI is InChI=1S/C15H17NO4/c17-14(18)8-20-11-3-1-2-10(6-11)16-15(19)13-7-12(13)9-4-5-9/h1-3,6,9,12-13H,4-5,7-8H2,(H,16,19)(H,17,18). The smallest absolute Gasteiger partial charge is 0.341 e. The summed E-state index contributed by atoms with van der Waals surface area (Å²) in [5, 5.41) is 11.4. The Morgan fingerprint density at radius 1 is 1.35 bits per heavy atom. The monoisotopic (exact) mass is 275 g/mol. The van der Waals surface area contributed by atoms with Crippen molar-refractivity contribution >= 4 is 17.6 Å². The molecule has 0 aliphatic heterocycles. The number of carboxylic acids is 1. The molecule has 3 rings (SSSR count). The molecule has 2 atom stereocenters. The first-order valence-corrected chi connectivity index (χ1v) is 6.89. The first-order chi connectivity index (χ1) is 9.63. The predicted molar refractivity (Wildman–Crippen MR) is 72.5 cm³/mol. The molecule has 2 unspecified atom stereocenters. The van der Waals surface area contributed by atoms with Crippen molar-refractivity contribution in [2.24, 2.45) is 17.8 Å². The Bertz CT molecular complexity index is 538. The molecule has 0 heterocycles. The predicted octanol–water partition coefficient (Wildman–Crippen LogP) is 2.13. The molecule has 5 heteroatoms. The molecule has 106 valence electrons. The lowest BCUT2D eigenvalue weighted by molar-refractivity contribution is -0.139. The van der Waals surface area contributed by atoms with Gasteiger partial charge in [-0.05, 0) is 43.2 Å². The third kappa shape index (κ3) is 3.10. The highest BCUT2D eigenvalue weighted by Gasteiger charge is 2.51. The van der Waals surface area contributed by atoms with Gasteiger partial charge in [0.05, 0.1) is 0 Å². The molecule has 0 saturated heterocycles. The van der Waals surface area contributed by atoms with E-state index >= 15 is 0 Å². The molecule has 2 fully saturated rings. The molecule has 0 spiro atoms. The van der Waals surface area contributed by atoms with Crippen LogP contribution in [0.4, 0.5) is 5.69 Å². The summed E-state index contributed by atoms with van der Waals surface area (Å²) in [6, 6.07) is 6.83. The third-order valence-corrected chi connectivity index (χ3v) is 3.87. The van der Waals surface area contributed by atoms with Gasteiger partial charge in [0.2, 0.25) is 5.91 Å². The fourth-order valence-electron chi connectivity index (χ4n) is 2.61. The average Bonchev–Trinajstić information content (AvgIpc) is 3.27. The van der Waals surface area contributed by atoms with Gasteiger partial charge in [-0.1, -0.05) is 6.07 Å². The molecule has 1 aromatic carbocycles. The van der Waals surface area contributed by atoms with E-state index in [2.05, 4.69) is 5.32 Å². The Morgan fingerprint density at radius 3 is 2.85 bits per heavy atom. The summed E-state index contributed by atoms with van der Waals surface area (Å²) in [6.45, 7) is -0.385. The van der Waals surface area contributed by atoms with Crippen LogP contribution in [0.25, 0.3) is 0 Å². The topological polar surface area (TPSA) is 75.6 Å². The number of benzene rings is 1. The van der Waals surface area contributed by atoms with Gasteiger partial charge in [0.1, 0.15) is 5.75 Å². The Hall–Kier alpha value is -2.04. The van der Waals surface area contributed by atoms with E-state index in [9.17, 15) is 9.59 Å². The highest BCUT2D eigenvalue weighted by Crippen LogP contribution is 2.54.